The highest BCUT2D eigenvalue weighted by atomic mass is 32.1. The summed E-state index contributed by atoms with van der Waals surface area (Å²) in [6, 6.07) is 21.1. The number of thiazole rings is 1. The van der Waals surface area contributed by atoms with E-state index in [0.29, 0.717) is 20.6 Å². The van der Waals surface area contributed by atoms with E-state index in [1.165, 1.54) is 28.0 Å². The van der Waals surface area contributed by atoms with Crippen LogP contribution >= 0.6 is 11.3 Å². The Balaban J connectivity index is 1.62. The molecule has 40 heavy (non-hydrogen) atoms. The van der Waals surface area contributed by atoms with Gasteiger partial charge in [0.05, 0.1) is 34.1 Å². The first kappa shape index (κ1) is 25.7. The maximum atomic E-state index is 14.1. The summed E-state index contributed by atoms with van der Waals surface area (Å²) in [7, 11) is 0. The molecule has 2 aromatic heterocycles. The number of nitrogens with zero attached hydrogens (tertiary/aromatic N) is 2. The molecule has 0 saturated heterocycles. The number of halogens is 1. The molecule has 0 aliphatic carbocycles. The Labute approximate surface area is 233 Å². The number of aryl methyl sites for hydroxylation is 1. The molecular weight excluding hydrogens is 525 g/mol. The van der Waals surface area contributed by atoms with Gasteiger partial charge in [-0.1, -0.05) is 72.0 Å². The van der Waals surface area contributed by atoms with Gasteiger partial charge in [0.15, 0.2) is 4.80 Å². The van der Waals surface area contributed by atoms with Crippen molar-refractivity contribution in [1.82, 2.24) is 9.55 Å². The van der Waals surface area contributed by atoms with Crippen molar-refractivity contribution in [3.05, 3.63) is 126 Å². The number of ether oxygens (including phenoxy) is 1. The topological polar surface area (TPSA) is 76.4 Å². The highest BCUT2D eigenvalue weighted by Crippen LogP contribution is 2.33. The number of H-pyrrole nitrogens is 1. The van der Waals surface area contributed by atoms with Gasteiger partial charge in [0.25, 0.3) is 5.56 Å². The molecule has 6 rings (SSSR count). The number of nitrogens with one attached hydrogen (secondary N) is 1. The molecule has 200 valence electrons. The molecule has 1 N–H and O–H groups in total. The fraction of sp³-hybridized carbons (Fsp3) is 0.156. The second kappa shape index (κ2) is 10.2. The van der Waals surface area contributed by atoms with E-state index in [4.69, 9.17) is 4.74 Å². The van der Waals surface area contributed by atoms with E-state index in [-0.39, 0.29) is 17.7 Å². The number of benzene rings is 3. The second-order valence-corrected chi connectivity index (χ2v) is 10.6. The van der Waals surface area contributed by atoms with Crippen molar-refractivity contribution in [2.45, 2.75) is 26.8 Å². The minimum atomic E-state index is -0.795. The van der Waals surface area contributed by atoms with Gasteiger partial charge in [0, 0.05) is 16.5 Å². The molecule has 0 unspecified atom stereocenters. The fourth-order valence-electron chi connectivity index (χ4n) is 5.25. The average molecular weight is 552 g/mol. The monoisotopic (exact) mass is 551 g/mol. The number of rotatable bonds is 5. The normalized spacial score (nSPS) is 15.3. The van der Waals surface area contributed by atoms with Gasteiger partial charge in [-0.25, -0.2) is 14.2 Å². The quantitative estimate of drug-likeness (QED) is 0.298. The number of esters is 1. The molecule has 8 heteroatoms. The number of carbonyl (C=O) groups excluding carboxylic acids is 1. The summed E-state index contributed by atoms with van der Waals surface area (Å²) in [5, 5.41) is 1.00. The Morgan fingerprint density at radius 1 is 1.07 bits per heavy atom. The first-order valence-corrected chi connectivity index (χ1v) is 13.8. The largest absolute Gasteiger partial charge is 0.463 e. The Hall–Kier alpha value is -4.56. The van der Waals surface area contributed by atoms with Crippen LogP contribution in [0.5, 0.6) is 0 Å². The molecule has 1 aliphatic rings. The van der Waals surface area contributed by atoms with Crippen molar-refractivity contribution in [1.29, 1.82) is 0 Å². The molecule has 0 spiro atoms. The van der Waals surface area contributed by atoms with Gasteiger partial charge in [0.2, 0.25) is 0 Å². The lowest BCUT2D eigenvalue weighted by molar-refractivity contribution is -0.139. The van der Waals surface area contributed by atoms with Gasteiger partial charge in [-0.3, -0.25) is 9.36 Å². The van der Waals surface area contributed by atoms with Crippen LogP contribution in [0.25, 0.3) is 28.2 Å². The molecule has 1 aliphatic heterocycles. The van der Waals surface area contributed by atoms with Crippen LogP contribution in [0.3, 0.4) is 0 Å². The minimum Gasteiger partial charge on any atom is -0.463 e. The highest BCUT2D eigenvalue weighted by molar-refractivity contribution is 7.07. The lowest BCUT2D eigenvalue weighted by atomic mass is 9.96. The number of hydrogen-bond donors (Lipinski definition) is 1. The maximum Gasteiger partial charge on any atom is 0.338 e. The Morgan fingerprint density at radius 3 is 2.55 bits per heavy atom. The number of aromatic amines is 1. The van der Waals surface area contributed by atoms with Crippen molar-refractivity contribution in [2.75, 3.05) is 6.61 Å². The highest BCUT2D eigenvalue weighted by Gasteiger charge is 2.33. The number of para-hydroxylation sites is 1. The van der Waals surface area contributed by atoms with Crippen LogP contribution in [0.4, 0.5) is 4.39 Å². The molecule has 0 radical (unpaired) electrons. The third kappa shape index (κ3) is 4.30. The lowest BCUT2D eigenvalue weighted by Crippen LogP contribution is -2.39. The van der Waals surface area contributed by atoms with Crippen LogP contribution in [0.1, 0.15) is 36.6 Å². The van der Waals surface area contributed by atoms with Gasteiger partial charge in [-0.05, 0) is 55.7 Å². The Kier molecular flexibility index (Phi) is 6.56. The predicted molar refractivity (Wildman–Crippen MR) is 155 cm³/mol. The van der Waals surface area contributed by atoms with Gasteiger partial charge < -0.3 is 9.72 Å². The molecule has 0 saturated carbocycles. The molecule has 6 nitrogen and oxygen atoms in total. The van der Waals surface area contributed by atoms with E-state index >= 15 is 0 Å². The van der Waals surface area contributed by atoms with Crippen LogP contribution in [-0.2, 0) is 9.53 Å². The van der Waals surface area contributed by atoms with Gasteiger partial charge in [-0.15, -0.1) is 0 Å². The standard InChI is InChI=1S/C32H26FN3O3S/c1-4-39-31(38)26-19(3)34-32-36(29(26)21-13-15-22(33)16-14-21)30(37)25(40-32)17-24-23-12-8-9-18(2)27(23)35-28(24)20-10-6-5-7-11-20/h5-17,29,35H,4H2,1-3H3/b25-17-/t29-/m1/s1. The summed E-state index contributed by atoms with van der Waals surface area (Å²) >= 11 is 1.26. The van der Waals surface area contributed by atoms with Crippen LogP contribution in [0, 0.1) is 12.7 Å². The summed E-state index contributed by atoms with van der Waals surface area (Å²) in [6.45, 7) is 5.69. The number of allylic oxidation sites excluding steroid dienone is 1. The number of aromatic nitrogens is 2. The number of fused-ring (bicyclic) bond motifs is 2. The summed E-state index contributed by atoms with van der Waals surface area (Å²) < 4.78 is 21.2. The SMILES string of the molecule is CCOC(=O)C1=C(C)N=c2s/c(=C\c3c(-c4ccccc4)[nH]c4c(C)cccc34)c(=O)n2[C@@H]1c1ccc(F)cc1. The van der Waals surface area contributed by atoms with Gasteiger partial charge >= 0.3 is 5.97 Å². The van der Waals surface area contributed by atoms with Crippen LogP contribution < -0.4 is 14.9 Å². The van der Waals surface area contributed by atoms with Crippen molar-refractivity contribution in [3.63, 3.8) is 0 Å². The van der Waals surface area contributed by atoms with Gasteiger partial charge in [-0.2, -0.15) is 0 Å². The van der Waals surface area contributed by atoms with Crippen LogP contribution in [0.15, 0.2) is 93.9 Å². The fourth-order valence-corrected chi connectivity index (χ4v) is 6.28. The molecule has 0 amide bonds. The van der Waals surface area contributed by atoms with Crippen LogP contribution in [-0.4, -0.2) is 22.1 Å². The van der Waals surface area contributed by atoms with E-state index in [2.05, 4.69) is 9.98 Å². The van der Waals surface area contributed by atoms with Crippen molar-refractivity contribution >= 4 is 34.3 Å². The van der Waals surface area contributed by atoms with Crippen molar-refractivity contribution in [3.8, 4) is 11.3 Å². The predicted octanol–water partition coefficient (Wildman–Crippen LogP) is 5.39. The van der Waals surface area contributed by atoms with Crippen LogP contribution in [0.2, 0.25) is 0 Å². The molecule has 3 aromatic carbocycles. The maximum absolute atomic E-state index is 14.1. The zero-order valence-corrected chi connectivity index (χ0v) is 23.0. The molecule has 0 bridgehead atoms. The number of hydrogen-bond acceptors (Lipinski definition) is 5. The summed E-state index contributed by atoms with van der Waals surface area (Å²) in [4.78, 5) is 35.9. The Morgan fingerprint density at radius 2 is 1.82 bits per heavy atom. The third-order valence-corrected chi connectivity index (χ3v) is 8.11. The van der Waals surface area contributed by atoms with Crippen molar-refractivity contribution in [2.24, 2.45) is 4.99 Å². The minimum absolute atomic E-state index is 0.179. The first-order valence-electron chi connectivity index (χ1n) is 13.0. The lowest BCUT2D eigenvalue weighted by Gasteiger charge is -2.24. The molecule has 3 heterocycles. The third-order valence-electron chi connectivity index (χ3n) is 7.12. The smallest absolute Gasteiger partial charge is 0.338 e. The van der Waals surface area contributed by atoms with E-state index in [0.717, 1.165) is 33.3 Å². The van der Waals surface area contributed by atoms with Gasteiger partial charge in [0.1, 0.15) is 5.82 Å². The Bertz CT molecular complexity index is 1980. The van der Waals surface area contributed by atoms with E-state index < -0.39 is 17.8 Å². The molecule has 0 fully saturated rings. The molecular formula is C32H26FN3O3S. The van der Waals surface area contributed by atoms with E-state index in [1.807, 2.05) is 61.5 Å². The zero-order chi connectivity index (χ0) is 28.0. The summed E-state index contributed by atoms with van der Waals surface area (Å²) in [5.74, 6) is -0.955. The second-order valence-electron chi connectivity index (χ2n) is 9.63. The molecule has 1 atom stereocenters. The van der Waals surface area contributed by atoms with Crippen molar-refractivity contribution < 1.29 is 13.9 Å². The zero-order valence-electron chi connectivity index (χ0n) is 22.2. The first-order chi connectivity index (χ1) is 19.4. The van der Waals surface area contributed by atoms with E-state index in [1.54, 1.807) is 26.0 Å². The number of carbonyl (C=O) groups is 1. The summed E-state index contributed by atoms with van der Waals surface area (Å²) in [5.41, 5.74) is 5.96. The molecule has 5 aromatic rings. The average Bonchev–Trinajstić information content (AvgIpc) is 3.47. The van der Waals surface area contributed by atoms with E-state index in [9.17, 15) is 14.0 Å². The summed E-state index contributed by atoms with van der Waals surface area (Å²) in [6.07, 6.45) is 1.90.